The Morgan fingerprint density at radius 3 is 2.41 bits per heavy atom. The van der Waals surface area contributed by atoms with Gasteiger partial charge < -0.3 is 0 Å². The normalized spacial score (nSPS) is 11.5. The molecule has 11 heteroatoms. The van der Waals surface area contributed by atoms with E-state index < -0.39 is 23.8 Å². The first-order valence-electron chi connectivity index (χ1n) is 8.61. The van der Waals surface area contributed by atoms with Gasteiger partial charge in [0, 0.05) is 23.4 Å². The molecular weight excluding hydrogens is 389 g/mol. The molecule has 152 valence electrons. The molecule has 0 saturated carbocycles. The molecule has 0 aliphatic rings. The average molecular weight is 406 g/mol. The Kier molecular flexibility index (Phi) is 5.48. The Balaban J connectivity index is 1.67. The molecule has 2 heterocycles. The number of benzene rings is 1. The molecule has 0 atom stereocenters. The zero-order valence-corrected chi connectivity index (χ0v) is 15.5. The van der Waals surface area contributed by atoms with Gasteiger partial charge in [-0.25, -0.2) is 9.50 Å². The lowest BCUT2D eigenvalue weighted by molar-refractivity contribution is -0.144. The van der Waals surface area contributed by atoms with Crippen LogP contribution in [-0.4, -0.2) is 31.4 Å². The smallest absolute Gasteiger partial charge is 0.273 e. The zero-order chi connectivity index (χ0) is 21.2. The molecule has 0 bridgehead atoms. The lowest BCUT2D eigenvalue weighted by atomic mass is 10.1. The van der Waals surface area contributed by atoms with Gasteiger partial charge in [0.05, 0.1) is 0 Å². The molecule has 0 fully saturated rings. The van der Waals surface area contributed by atoms with Crippen LogP contribution in [0.15, 0.2) is 30.3 Å². The van der Waals surface area contributed by atoms with Crippen molar-refractivity contribution in [3.8, 4) is 0 Å². The Labute approximate surface area is 163 Å². The Hall–Kier alpha value is -3.50. The van der Waals surface area contributed by atoms with Gasteiger partial charge in [0.15, 0.2) is 0 Å². The molecule has 1 aromatic carbocycles. The summed E-state index contributed by atoms with van der Waals surface area (Å²) in [6.45, 7) is 3.21. The fourth-order valence-corrected chi connectivity index (χ4v) is 2.78. The second-order valence-corrected chi connectivity index (χ2v) is 6.27. The monoisotopic (exact) mass is 406 g/mol. The molecule has 3 rings (SSSR count). The second-order valence-electron chi connectivity index (χ2n) is 6.27. The number of carbonyl (C=O) groups excluding carboxylic acids is 2. The van der Waals surface area contributed by atoms with Crippen LogP contribution in [0.1, 0.15) is 39.6 Å². The number of hydrogen-bond donors (Lipinski definition) is 2. The number of fused-ring (bicyclic) bond motifs is 1. The van der Waals surface area contributed by atoms with Gasteiger partial charge in [-0.1, -0.05) is 18.2 Å². The summed E-state index contributed by atoms with van der Waals surface area (Å²) in [6, 6.07) is 8.35. The number of nitrogens with one attached hydrogen (secondary N) is 2. The number of aryl methyl sites for hydroxylation is 2. The predicted octanol–water partition coefficient (Wildman–Crippen LogP) is 2.15. The maximum absolute atomic E-state index is 12.8. The Morgan fingerprint density at radius 2 is 1.76 bits per heavy atom. The maximum atomic E-state index is 12.8. The molecule has 2 amide bonds. The van der Waals surface area contributed by atoms with Gasteiger partial charge >= 0.3 is 6.18 Å². The molecule has 3 aromatic rings. The van der Waals surface area contributed by atoms with Crippen molar-refractivity contribution >= 4 is 17.6 Å². The zero-order valence-electron chi connectivity index (χ0n) is 15.5. The van der Waals surface area contributed by atoms with E-state index in [1.807, 2.05) is 0 Å². The van der Waals surface area contributed by atoms with Crippen molar-refractivity contribution in [2.24, 2.45) is 0 Å². The molecule has 29 heavy (non-hydrogen) atoms. The summed E-state index contributed by atoms with van der Waals surface area (Å²) in [5, 5.41) is 3.47. The molecule has 0 saturated heterocycles. The van der Waals surface area contributed by atoms with Crippen LogP contribution < -0.4 is 10.9 Å². The molecule has 2 N–H and O–H groups in total. The first kappa shape index (κ1) is 20.2. The first-order valence-corrected chi connectivity index (χ1v) is 8.61. The number of aromatic nitrogens is 4. The van der Waals surface area contributed by atoms with Gasteiger partial charge in [-0.3, -0.25) is 20.4 Å². The van der Waals surface area contributed by atoms with E-state index in [1.165, 1.54) is 0 Å². The van der Waals surface area contributed by atoms with E-state index in [4.69, 9.17) is 0 Å². The molecule has 0 radical (unpaired) electrons. The third-order valence-electron chi connectivity index (χ3n) is 4.26. The van der Waals surface area contributed by atoms with E-state index in [9.17, 15) is 22.8 Å². The van der Waals surface area contributed by atoms with E-state index in [1.54, 1.807) is 44.2 Å². The van der Waals surface area contributed by atoms with Crippen molar-refractivity contribution < 1.29 is 22.8 Å². The van der Waals surface area contributed by atoms with Crippen LogP contribution in [0.4, 0.5) is 13.2 Å². The minimum atomic E-state index is -4.68. The van der Waals surface area contributed by atoms with Gasteiger partial charge in [0.25, 0.3) is 17.5 Å². The fraction of sp³-hybridized carbons (Fsp3) is 0.278. The van der Waals surface area contributed by atoms with Crippen LogP contribution in [0.5, 0.6) is 0 Å². The summed E-state index contributed by atoms with van der Waals surface area (Å²) in [6.07, 6.45) is -4.48. The second kappa shape index (κ2) is 7.86. The van der Waals surface area contributed by atoms with E-state index in [0.717, 1.165) is 4.52 Å². The molecule has 0 aliphatic heterocycles. The number of carbonyl (C=O) groups is 2. The topological polar surface area (TPSA) is 101 Å². The summed E-state index contributed by atoms with van der Waals surface area (Å²) in [5.41, 5.74) is 6.46. The van der Waals surface area contributed by atoms with Gasteiger partial charge in [0.1, 0.15) is 0 Å². The maximum Gasteiger partial charge on any atom is 0.453 e. The van der Waals surface area contributed by atoms with Crippen molar-refractivity contribution in [3.63, 3.8) is 0 Å². The van der Waals surface area contributed by atoms with Crippen molar-refractivity contribution in [2.75, 3.05) is 0 Å². The highest BCUT2D eigenvalue weighted by molar-refractivity contribution is 5.95. The van der Waals surface area contributed by atoms with Crippen LogP contribution in [-0.2, 0) is 17.4 Å². The minimum absolute atomic E-state index is 0.00917. The van der Waals surface area contributed by atoms with Gasteiger partial charge in [-0.2, -0.15) is 18.2 Å². The lowest BCUT2D eigenvalue weighted by Crippen LogP contribution is -2.41. The van der Waals surface area contributed by atoms with E-state index in [-0.39, 0.29) is 18.6 Å². The Bertz CT molecular complexity index is 1060. The van der Waals surface area contributed by atoms with Crippen molar-refractivity contribution in [1.82, 2.24) is 30.4 Å². The number of nitrogens with zero attached hydrogens (tertiary/aromatic N) is 4. The fourth-order valence-electron chi connectivity index (χ4n) is 2.78. The SMILES string of the molecule is Cc1nc2nc(C(F)(F)F)nn2c(C)c1CCC(=O)NNC(=O)c1ccccc1. The highest BCUT2D eigenvalue weighted by atomic mass is 19.4. The van der Waals surface area contributed by atoms with Crippen molar-refractivity contribution in [1.29, 1.82) is 0 Å². The van der Waals surface area contributed by atoms with Crippen LogP contribution in [0.25, 0.3) is 5.78 Å². The molecule has 0 aliphatic carbocycles. The molecule has 2 aromatic heterocycles. The van der Waals surface area contributed by atoms with E-state index in [0.29, 0.717) is 22.5 Å². The van der Waals surface area contributed by atoms with Crippen molar-refractivity contribution in [2.45, 2.75) is 32.9 Å². The highest BCUT2D eigenvalue weighted by Gasteiger charge is 2.36. The largest absolute Gasteiger partial charge is 0.453 e. The third kappa shape index (κ3) is 4.50. The number of hydrazine groups is 1. The standard InChI is InChI=1S/C18H17F3N6O2/c1-10-13(11(2)27-17(22-10)23-16(26-27)18(19,20)21)8-9-14(28)24-25-15(29)12-6-4-3-5-7-12/h3-7H,8-9H2,1-2H3,(H,24,28)(H,25,29). The summed E-state index contributed by atoms with van der Waals surface area (Å²) in [7, 11) is 0. The lowest BCUT2D eigenvalue weighted by Gasteiger charge is -2.11. The number of amides is 2. The number of hydrogen-bond acceptors (Lipinski definition) is 5. The quantitative estimate of drug-likeness (QED) is 0.647. The average Bonchev–Trinajstić information content (AvgIpc) is 3.11. The van der Waals surface area contributed by atoms with E-state index in [2.05, 4.69) is 25.9 Å². The van der Waals surface area contributed by atoms with Crippen LogP contribution >= 0.6 is 0 Å². The number of rotatable bonds is 4. The minimum Gasteiger partial charge on any atom is -0.273 e. The third-order valence-corrected chi connectivity index (χ3v) is 4.26. The summed E-state index contributed by atoms with van der Waals surface area (Å²) in [4.78, 5) is 31.4. The van der Waals surface area contributed by atoms with Crippen LogP contribution in [0.3, 0.4) is 0 Å². The summed E-state index contributed by atoms with van der Waals surface area (Å²) in [5.74, 6) is -2.35. The van der Waals surface area contributed by atoms with Crippen molar-refractivity contribution in [3.05, 3.63) is 58.7 Å². The first-order chi connectivity index (χ1) is 13.7. The molecule has 0 spiro atoms. The van der Waals surface area contributed by atoms with Gasteiger partial charge in [0.2, 0.25) is 5.91 Å². The van der Waals surface area contributed by atoms with E-state index >= 15 is 0 Å². The van der Waals surface area contributed by atoms with Crippen LogP contribution in [0, 0.1) is 13.8 Å². The predicted molar refractivity (Wildman–Crippen MR) is 95.6 cm³/mol. The number of alkyl halides is 3. The van der Waals surface area contributed by atoms with Gasteiger partial charge in [-0.15, -0.1) is 5.10 Å². The van der Waals surface area contributed by atoms with Gasteiger partial charge in [-0.05, 0) is 38.0 Å². The highest BCUT2D eigenvalue weighted by Crippen LogP contribution is 2.27. The molecule has 8 nitrogen and oxygen atoms in total. The molecule has 0 unspecified atom stereocenters. The van der Waals surface area contributed by atoms with Crippen LogP contribution in [0.2, 0.25) is 0 Å². The summed E-state index contributed by atoms with van der Waals surface area (Å²) < 4.78 is 39.5. The number of halogens is 3. The molecular formula is C18H17F3N6O2. The summed E-state index contributed by atoms with van der Waals surface area (Å²) >= 11 is 0. The Morgan fingerprint density at radius 1 is 1.07 bits per heavy atom.